The number of para-hydroxylation sites is 1. The van der Waals surface area contributed by atoms with Crippen LogP contribution in [0.25, 0.3) is 0 Å². The molecule has 0 atom stereocenters. The minimum Gasteiger partial charge on any atom is -0.496 e. The van der Waals surface area contributed by atoms with Crippen LogP contribution < -0.4 is 10.1 Å². The van der Waals surface area contributed by atoms with Crippen LogP contribution in [0.1, 0.15) is 43.2 Å². The van der Waals surface area contributed by atoms with Crippen molar-refractivity contribution in [3.63, 3.8) is 0 Å². The van der Waals surface area contributed by atoms with Crippen LogP contribution in [0.2, 0.25) is 0 Å². The Morgan fingerprint density at radius 3 is 2.48 bits per heavy atom. The Hall–Kier alpha value is -3.19. The third kappa shape index (κ3) is 6.20. The van der Waals surface area contributed by atoms with Crippen molar-refractivity contribution in [1.29, 1.82) is 0 Å². The highest BCUT2D eigenvalue weighted by atomic mass is 16.5. The lowest BCUT2D eigenvalue weighted by molar-refractivity contribution is -0.133. The summed E-state index contributed by atoms with van der Waals surface area (Å²) < 4.78 is 5.45. The monoisotopic (exact) mass is 448 g/mol. The van der Waals surface area contributed by atoms with Crippen LogP contribution >= 0.6 is 0 Å². The molecule has 174 valence electrons. The number of methoxy groups -OCH3 is 1. The summed E-state index contributed by atoms with van der Waals surface area (Å²) in [5.41, 5.74) is 3.15. The van der Waals surface area contributed by atoms with Crippen LogP contribution in [-0.2, 0) is 16.1 Å². The van der Waals surface area contributed by atoms with Crippen molar-refractivity contribution in [2.45, 2.75) is 44.7 Å². The van der Waals surface area contributed by atoms with E-state index in [0.717, 1.165) is 55.9 Å². The van der Waals surface area contributed by atoms with Crippen LogP contribution in [0.5, 0.6) is 5.75 Å². The summed E-state index contributed by atoms with van der Waals surface area (Å²) >= 11 is 0. The van der Waals surface area contributed by atoms with E-state index in [1.165, 1.54) is 10.6 Å². The second-order valence-electron chi connectivity index (χ2n) is 8.61. The number of carbonyl (C=O) groups is 2. The molecule has 0 radical (unpaired) electrons. The van der Waals surface area contributed by atoms with E-state index in [-0.39, 0.29) is 30.7 Å². The maximum Gasteiger partial charge on any atom is 0.243 e. The van der Waals surface area contributed by atoms with Crippen LogP contribution in [0.4, 0.5) is 0 Å². The van der Waals surface area contributed by atoms with Gasteiger partial charge in [-0.2, -0.15) is 5.10 Å². The van der Waals surface area contributed by atoms with E-state index >= 15 is 0 Å². The second-order valence-corrected chi connectivity index (χ2v) is 8.61. The number of hydrogen-bond donors (Lipinski definition) is 1. The van der Waals surface area contributed by atoms with Gasteiger partial charge in [-0.1, -0.05) is 48.5 Å². The molecule has 1 fully saturated rings. The summed E-state index contributed by atoms with van der Waals surface area (Å²) in [6.07, 6.45) is 2.95. The molecular weight excluding hydrogens is 416 g/mol. The number of benzene rings is 2. The van der Waals surface area contributed by atoms with E-state index in [1.807, 2.05) is 48.5 Å². The number of hydrazone groups is 1. The molecule has 0 bridgehead atoms. The number of piperidine rings is 1. The topological polar surface area (TPSA) is 74.2 Å². The summed E-state index contributed by atoms with van der Waals surface area (Å²) in [4.78, 5) is 27.3. The van der Waals surface area contributed by atoms with Crippen LogP contribution in [0.3, 0.4) is 0 Å². The van der Waals surface area contributed by atoms with Crippen molar-refractivity contribution in [3.8, 4) is 5.75 Å². The van der Waals surface area contributed by atoms with E-state index in [1.54, 1.807) is 7.11 Å². The molecule has 1 N–H and O–H groups in total. The number of nitrogens with one attached hydrogen (secondary N) is 1. The zero-order valence-electron chi connectivity index (χ0n) is 19.2. The fourth-order valence-corrected chi connectivity index (χ4v) is 4.43. The minimum atomic E-state index is -0.0947. The van der Waals surface area contributed by atoms with Gasteiger partial charge in [0.15, 0.2) is 0 Å². The predicted octanol–water partition coefficient (Wildman–Crippen LogP) is 3.19. The third-order valence-electron chi connectivity index (χ3n) is 6.30. The van der Waals surface area contributed by atoms with Gasteiger partial charge in [-0.3, -0.25) is 14.5 Å². The summed E-state index contributed by atoms with van der Waals surface area (Å²) in [5.74, 6) is 0.761. The van der Waals surface area contributed by atoms with Gasteiger partial charge in [-0.05, 0) is 24.5 Å². The van der Waals surface area contributed by atoms with Gasteiger partial charge >= 0.3 is 0 Å². The molecule has 0 unspecified atom stereocenters. The van der Waals surface area contributed by atoms with Crippen molar-refractivity contribution >= 4 is 17.5 Å². The van der Waals surface area contributed by atoms with Crippen molar-refractivity contribution in [2.24, 2.45) is 5.10 Å². The van der Waals surface area contributed by atoms with Gasteiger partial charge in [-0.25, -0.2) is 5.01 Å². The average molecular weight is 449 g/mol. The molecule has 0 aliphatic carbocycles. The molecule has 0 spiro atoms. The van der Waals surface area contributed by atoms with E-state index in [0.29, 0.717) is 6.54 Å². The van der Waals surface area contributed by atoms with Crippen molar-refractivity contribution in [3.05, 3.63) is 65.7 Å². The number of hydrogen-bond acceptors (Lipinski definition) is 5. The highest BCUT2D eigenvalue weighted by Gasteiger charge is 2.24. The molecule has 4 rings (SSSR count). The summed E-state index contributed by atoms with van der Waals surface area (Å²) in [6, 6.07) is 18.2. The average Bonchev–Trinajstić information content (AvgIpc) is 3.35. The molecule has 7 heteroatoms. The highest BCUT2D eigenvalue weighted by Crippen LogP contribution is 2.21. The number of carbonyl (C=O) groups excluding carboxylic acids is 2. The number of ether oxygens (including phenoxy) is 1. The summed E-state index contributed by atoms with van der Waals surface area (Å²) in [7, 11) is 1.70. The Morgan fingerprint density at radius 1 is 1.00 bits per heavy atom. The molecule has 2 heterocycles. The first kappa shape index (κ1) is 23.0. The molecule has 2 aliphatic rings. The van der Waals surface area contributed by atoms with Gasteiger partial charge in [0.1, 0.15) is 5.75 Å². The molecule has 0 aromatic heterocycles. The molecule has 2 aromatic rings. The maximum atomic E-state index is 12.5. The smallest absolute Gasteiger partial charge is 0.243 e. The largest absolute Gasteiger partial charge is 0.496 e. The molecule has 2 aromatic carbocycles. The molecule has 1 saturated heterocycles. The SMILES string of the molecule is COc1ccccc1CN1CCC(NC(=O)CCC(=O)N2CCC(c3ccccc3)=N2)CC1. The first-order chi connectivity index (χ1) is 16.1. The van der Waals surface area contributed by atoms with E-state index < -0.39 is 0 Å². The Morgan fingerprint density at radius 2 is 1.73 bits per heavy atom. The second kappa shape index (κ2) is 11.1. The van der Waals surface area contributed by atoms with Crippen LogP contribution in [0, 0.1) is 0 Å². The molecule has 2 aliphatic heterocycles. The van der Waals surface area contributed by atoms with Gasteiger partial charge in [-0.15, -0.1) is 0 Å². The van der Waals surface area contributed by atoms with Gasteiger partial charge in [0.25, 0.3) is 0 Å². The number of nitrogens with zero attached hydrogens (tertiary/aromatic N) is 3. The zero-order valence-corrected chi connectivity index (χ0v) is 19.2. The Kier molecular flexibility index (Phi) is 7.73. The lowest BCUT2D eigenvalue weighted by Crippen LogP contribution is -2.44. The molecule has 0 saturated carbocycles. The van der Waals surface area contributed by atoms with Gasteiger partial charge in [0.05, 0.1) is 19.4 Å². The van der Waals surface area contributed by atoms with E-state index in [9.17, 15) is 9.59 Å². The summed E-state index contributed by atoms with van der Waals surface area (Å²) in [6.45, 7) is 3.27. The van der Waals surface area contributed by atoms with Crippen LogP contribution in [-0.4, -0.2) is 60.2 Å². The number of amides is 2. The quantitative estimate of drug-likeness (QED) is 0.673. The highest BCUT2D eigenvalue weighted by molar-refractivity contribution is 6.02. The first-order valence-corrected chi connectivity index (χ1v) is 11.7. The molecular formula is C26H32N4O3. The lowest BCUT2D eigenvalue weighted by atomic mass is 10.0. The summed E-state index contributed by atoms with van der Waals surface area (Å²) in [5, 5.41) is 9.08. The first-order valence-electron chi connectivity index (χ1n) is 11.7. The standard InChI is InChI=1S/C26H32N4O3/c1-33-24-10-6-5-9-21(24)19-29-16-13-22(14-17-29)27-25(31)11-12-26(32)30-18-15-23(28-30)20-7-3-2-4-8-20/h2-10,22H,11-19H2,1H3,(H,27,31). The van der Waals surface area contributed by atoms with Crippen LogP contribution in [0.15, 0.2) is 59.7 Å². The lowest BCUT2D eigenvalue weighted by Gasteiger charge is -2.32. The van der Waals surface area contributed by atoms with Crippen molar-refractivity contribution in [1.82, 2.24) is 15.2 Å². The molecule has 33 heavy (non-hydrogen) atoms. The van der Waals surface area contributed by atoms with E-state index in [2.05, 4.69) is 21.4 Å². The fraction of sp³-hybridized carbons (Fsp3) is 0.423. The third-order valence-corrected chi connectivity index (χ3v) is 6.30. The normalized spacial score (nSPS) is 17.0. The van der Waals surface area contributed by atoms with E-state index in [4.69, 9.17) is 4.74 Å². The Labute approximate surface area is 195 Å². The number of likely N-dealkylation sites (tertiary alicyclic amines) is 1. The molecule has 7 nitrogen and oxygen atoms in total. The fourth-order valence-electron chi connectivity index (χ4n) is 4.43. The minimum absolute atomic E-state index is 0.0574. The Bertz CT molecular complexity index is 984. The number of rotatable bonds is 8. The van der Waals surface area contributed by atoms with Gasteiger partial charge < -0.3 is 10.1 Å². The van der Waals surface area contributed by atoms with Crippen molar-refractivity contribution in [2.75, 3.05) is 26.7 Å². The maximum absolute atomic E-state index is 12.5. The van der Waals surface area contributed by atoms with Gasteiger partial charge in [0, 0.05) is 50.5 Å². The van der Waals surface area contributed by atoms with Crippen molar-refractivity contribution < 1.29 is 14.3 Å². The Balaban J connectivity index is 1.17. The van der Waals surface area contributed by atoms with Gasteiger partial charge in [0.2, 0.25) is 11.8 Å². The predicted molar refractivity (Wildman–Crippen MR) is 128 cm³/mol. The zero-order chi connectivity index (χ0) is 23.0. The molecule has 2 amide bonds.